The summed E-state index contributed by atoms with van der Waals surface area (Å²) in [6, 6.07) is 9.89. The van der Waals surface area contributed by atoms with E-state index in [1.807, 2.05) is 61.2 Å². The molecule has 5 heteroatoms. The molecule has 0 unspecified atom stereocenters. The Bertz CT molecular complexity index is 832. The lowest BCUT2D eigenvalue weighted by Gasteiger charge is -2.05. The predicted molar refractivity (Wildman–Crippen MR) is 89.6 cm³/mol. The average Bonchev–Trinajstić information content (AvgIpc) is 3.05. The van der Waals surface area contributed by atoms with Crippen molar-refractivity contribution in [1.82, 2.24) is 14.8 Å². The summed E-state index contributed by atoms with van der Waals surface area (Å²) in [6.45, 7) is 9.60. The Hall–Kier alpha value is -2.40. The quantitative estimate of drug-likeness (QED) is 0.665. The van der Waals surface area contributed by atoms with E-state index >= 15 is 0 Å². The Kier molecular flexibility index (Phi) is 3.81. The molecule has 1 aromatic carbocycles. The highest BCUT2D eigenvalue weighted by molar-refractivity contribution is 7.12. The van der Waals surface area contributed by atoms with Crippen LogP contribution < -0.4 is 4.74 Å². The molecule has 0 saturated heterocycles. The highest BCUT2D eigenvalue weighted by atomic mass is 32.1. The van der Waals surface area contributed by atoms with Crippen LogP contribution in [0.4, 0.5) is 0 Å². The fraction of sp³-hybridized carbons (Fsp3) is 0.176. The van der Waals surface area contributed by atoms with Crippen LogP contribution >= 0.6 is 11.3 Å². The summed E-state index contributed by atoms with van der Waals surface area (Å²) in [6.07, 6.45) is 0. The van der Waals surface area contributed by atoms with E-state index in [0.717, 1.165) is 33.5 Å². The van der Waals surface area contributed by atoms with Crippen LogP contribution in [0.15, 0.2) is 48.0 Å². The van der Waals surface area contributed by atoms with Crippen molar-refractivity contribution in [2.45, 2.75) is 20.8 Å². The van der Waals surface area contributed by atoms with Crippen molar-refractivity contribution >= 4 is 11.3 Å². The lowest BCUT2D eigenvalue weighted by atomic mass is 10.2. The van der Waals surface area contributed by atoms with Gasteiger partial charge < -0.3 is 4.74 Å². The van der Waals surface area contributed by atoms with Gasteiger partial charge >= 0.3 is 0 Å². The maximum atomic E-state index is 5.55. The van der Waals surface area contributed by atoms with Gasteiger partial charge in [0.1, 0.15) is 5.75 Å². The first kappa shape index (κ1) is 14.5. The Morgan fingerprint density at radius 1 is 1.27 bits per heavy atom. The summed E-state index contributed by atoms with van der Waals surface area (Å²) in [7, 11) is 0. The number of aryl methyl sites for hydroxylation is 2. The Balaban J connectivity index is 1.94. The van der Waals surface area contributed by atoms with Gasteiger partial charge in [-0.1, -0.05) is 18.7 Å². The van der Waals surface area contributed by atoms with Gasteiger partial charge in [-0.05, 0) is 39.0 Å². The summed E-state index contributed by atoms with van der Waals surface area (Å²) in [5.41, 5.74) is 4.01. The highest BCUT2D eigenvalue weighted by Gasteiger charge is 2.10. The van der Waals surface area contributed by atoms with Gasteiger partial charge in [0.2, 0.25) is 5.13 Å². The van der Waals surface area contributed by atoms with E-state index in [-0.39, 0.29) is 0 Å². The van der Waals surface area contributed by atoms with E-state index in [0.29, 0.717) is 5.76 Å². The van der Waals surface area contributed by atoms with Gasteiger partial charge in [0.25, 0.3) is 0 Å². The van der Waals surface area contributed by atoms with E-state index in [1.165, 1.54) is 0 Å². The van der Waals surface area contributed by atoms with Crippen LogP contribution in [0.1, 0.15) is 18.3 Å². The second-order valence-electron chi connectivity index (χ2n) is 5.19. The first-order valence-corrected chi connectivity index (χ1v) is 7.84. The van der Waals surface area contributed by atoms with Crippen LogP contribution in [0.5, 0.6) is 5.75 Å². The summed E-state index contributed by atoms with van der Waals surface area (Å²) in [4.78, 5) is 4.69. The molecule has 3 aromatic rings. The molecule has 0 fully saturated rings. The molecule has 22 heavy (non-hydrogen) atoms. The molecular formula is C17H17N3OS. The molecule has 0 atom stereocenters. The fourth-order valence-corrected chi connectivity index (χ4v) is 3.08. The van der Waals surface area contributed by atoms with Crippen LogP contribution in [-0.4, -0.2) is 14.8 Å². The minimum Gasteiger partial charge on any atom is -0.463 e. The molecule has 0 aliphatic heterocycles. The van der Waals surface area contributed by atoms with Gasteiger partial charge in [0, 0.05) is 16.6 Å². The summed E-state index contributed by atoms with van der Waals surface area (Å²) >= 11 is 1.58. The summed E-state index contributed by atoms with van der Waals surface area (Å²) in [5.74, 6) is 1.43. The Labute approximate surface area is 133 Å². The van der Waals surface area contributed by atoms with Crippen LogP contribution in [0.25, 0.3) is 16.4 Å². The zero-order valence-corrected chi connectivity index (χ0v) is 13.6. The standard InChI is InChI=1S/C17H17N3OS/c1-11(2)21-15-7-5-6-14(9-15)16-10-22-17(18-16)20-13(4)8-12(3)19-20/h5-10H,1H2,2-4H3. The van der Waals surface area contributed by atoms with Crippen molar-refractivity contribution in [1.29, 1.82) is 0 Å². The van der Waals surface area contributed by atoms with Crippen molar-refractivity contribution in [2.75, 3.05) is 0 Å². The monoisotopic (exact) mass is 311 g/mol. The van der Waals surface area contributed by atoms with E-state index in [9.17, 15) is 0 Å². The Morgan fingerprint density at radius 3 is 2.77 bits per heavy atom. The second-order valence-corrected chi connectivity index (χ2v) is 6.02. The molecule has 0 N–H and O–H groups in total. The molecule has 0 bridgehead atoms. The first-order valence-electron chi connectivity index (χ1n) is 6.96. The molecule has 2 aromatic heterocycles. The van der Waals surface area contributed by atoms with Crippen molar-refractivity contribution in [2.24, 2.45) is 0 Å². The summed E-state index contributed by atoms with van der Waals surface area (Å²) in [5, 5.41) is 7.37. The number of hydrogen-bond donors (Lipinski definition) is 0. The van der Waals surface area contributed by atoms with E-state index in [1.54, 1.807) is 11.3 Å². The van der Waals surface area contributed by atoms with E-state index < -0.39 is 0 Å². The summed E-state index contributed by atoms with van der Waals surface area (Å²) < 4.78 is 7.43. The van der Waals surface area contributed by atoms with Crippen molar-refractivity contribution < 1.29 is 4.74 Å². The van der Waals surface area contributed by atoms with Crippen LogP contribution in [0, 0.1) is 13.8 Å². The Morgan fingerprint density at radius 2 is 2.09 bits per heavy atom. The zero-order chi connectivity index (χ0) is 15.7. The van der Waals surface area contributed by atoms with Crippen LogP contribution in [0.3, 0.4) is 0 Å². The SMILES string of the molecule is C=C(C)Oc1cccc(-c2csc(-n3nc(C)cc3C)n2)c1. The average molecular weight is 311 g/mol. The first-order chi connectivity index (χ1) is 10.5. The fourth-order valence-electron chi connectivity index (χ4n) is 2.24. The zero-order valence-electron chi connectivity index (χ0n) is 12.8. The number of thiazole rings is 1. The lowest BCUT2D eigenvalue weighted by Crippen LogP contribution is -1.98. The number of ether oxygens (including phenoxy) is 1. The largest absolute Gasteiger partial charge is 0.463 e. The number of aromatic nitrogens is 3. The van der Waals surface area contributed by atoms with Gasteiger partial charge in [-0.15, -0.1) is 11.3 Å². The maximum Gasteiger partial charge on any atom is 0.211 e. The van der Waals surface area contributed by atoms with Gasteiger partial charge in [-0.25, -0.2) is 9.67 Å². The molecule has 0 amide bonds. The topological polar surface area (TPSA) is 39.9 Å². The molecule has 3 rings (SSSR count). The number of rotatable bonds is 4. The van der Waals surface area contributed by atoms with Gasteiger partial charge in [-0.2, -0.15) is 5.10 Å². The number of nitrogens with zero attached hydrogens (tertiary/aromatic N) is 3. The molecule has 0 radical (unpaired) electrons. The van der Waals surface area contributed by atoms with Crippen molar-refractivity contribution in [3.63, 3.8) is 0 Å². The molecule has 0 aliphatic rings. The molecule has 2 heterocycles. The smallest absolute Gasteiger partial charge is 0.211 e. The maximum absolute atomic E-state index is 5.55. The number of allylic oxidation sites excluding steroid dienone is 1. The minimum atomic E-state index is 0.666. The van der Waals surface area contributed by atoms with Crippen molar-refractivity contribution in [3.8, 4) is 22.1 Å². The normalized spacial score (nSPS) is 10.7. The molecule has 112 valence electrons. The van der Waals surface area contributed by atoms with E-state index in [2.05, 4.69) is 16.7 Å². The molecule has 0 spiro atoms. The van der Waals surface area contributed by atoms with Gasteiger partial charge in [-0.3, -0.25) is 0 Å². The second kappa shape index (κ2) is 5.77. The number of hydrogen-bond acceptors (Lipinski definition) is 4. The van der Waals surface area contributed by atoms with Crippen LogP contribution in [0.2, 0.25) is 0 Å². The lowest BCUT2D eigenvalue weighted by molar-refractivity contribution is 0.430. The van der Waals surface area contributed by atoms with Gasteiger partial charge in [0.05, 0.1) is 17.1 Å². The third kappa shape index (κ3) is 2.94. The molecular weight excluding hydrogens is 294 g/mol. The highest BCUT2D eigenvalue weighted by Crippen LogP contribution is 2.27. The van der Waals surface area contributed by atoms with Gasteiger partial charge in [0.15, 0.2) is 0 Å². The van der Waals surface area contributed by atoms with E-state index in [4.69, 9.17) is 4.74 Å². The van der Waals surface area contributed by atoms with Crippen LogP contribution in [-0.2, 0) is 0 Å². The third-order valence-electron chi connectivity index (χ3n) is 3.10. The molecule has 4 nitrogen and oxygen atoms in total. The number of benzene rings is 1. The minimum absolute atomic E-state index is 0.666. The third-order valence-corrected chi connectivity index (χ3v) is 3.92. The van der Waals surface area contributed by atoms with Crippen molar-refractivity contribution in [3.05, 3.63) is 59.4 Å². The molecule has 0 aliphatic carbocycles. The predicted octanol–water partition coefficient (Wildman–Crippen LogP) is 4.53. The molecule has 0 saturated carbocycles.